The largest absolute Gasteiger partial charge is 0.481 e. The van der Waals surface area contributed by atoms with E-state index in [2.05, 4.69) is 21.7 Å². The van der Waals surface area contributed by atoms with Crippen LogP contribution in [0.25, 0.3) is 0 Å². The number of nitrogens with one attached hydrogen (secondary N) is 1. The molecule has 1 fully saturated rings. The Kier molecular flexibility index (Phi) is 3.28. The molecule has 0 radical (unpaired) electrons. The molecule has 2 N–H and O–H groups in total. The van der Waals surface area contributed by atoms with Crippen molar-refractivity contribution in [3.05, 3.63) is 22.4 Å². The van der Waals surface area contributed by atoms with E-state index in [-0.39, 0.29) is 12.0 Å². The molecule has 2 rings (SSSR count). The molecular weight excluding hydrogens is 224 g/mol. The van der Waals surface area contributed by atoms with Gasteiger partial charge in [0.15, 0.2) is 0 Å². The number of carboxylic acid groups (broad SMARTS) is 1. The average molecular weight is 240 g/mol. The second kappa shape index (κ2) is 4.53. The maximum absolute atomic E-state index is 10.9. The van der Waals surface area contributed by atoms with Gasteiger partial charge in [-0.3, -0.25) is 9.69 Å². The van der Waals surface area contributed by atoms with Gasteiger partial charge in [0, 0.05) is 19.6 Å². The number of hydrogen-bond acceptors (Lipinski definition) is 4. The Morgan fingerprint density at radius 2 is 2.44 bits per heavy atom. The highest BCUT2D eigenvalue weighted by Crippen LogP contribution is 2.25. The van der Waals surface area contributed by atoms with Gasteiger partial charge in [0.05, 0.1) is 12.0 Å². The summed E-state index contributed by atoms with van der Waals surface area (Å²) in [5, 5.41) is 16.3. The Hall–Kier alpha value is -0.910. The van der Waals surface area contributed by atoms with Gasteiger partial charge in [-0.1, -0.05) is 0 Å². The summed E-state index contributed by atoms with van der Waals surface area (Å²) in [6.07, 6.45) is 0.209. The van der Waals surface area contributed by atoms with Crippen molar-refractivity contribution in [2.24, 2.45) is 0 Å². The van der Waals surface area contributed by atoms with Crippen LogP contribution in [0.4, 0.5) is 0 Å². The zero-order chi connectivity index (χ0) is 11.6. The van der Waals surface area contributed by atoms with E-state index in [1.54, 1.807) is 11.3 Å². The van der Waals surface area contributed by atoms with Crippen molar-refractivity contribution < 1.29 is 9.90 Å². The van der Waals surface area contributed by atoms with Gasteiger partial charge in [-0.25, -0.2) is 0 Å². The lowest BCUT2D eigenvalue weighted by atomic mass is 9.86. The first-order chi connectivity index (χ1) is 7.62. The van der Waals surface area contributed by atoms with Gasteiger partial charge in [0.1, 0.15) is 0 Å². The quantitative estimate of drug-likeness (QED) is 0.806. The van der Waals surface area contributed by atoms with Gasteiger partial charge >= 0.3 is 5.97 Å². The number of likely N-dealkylation sites (N-methyl/N-ethyl adjacent to an activating group) is 1. The molecule has 1 aliphatic heterocycles. The molecule has 16 heavy (non-hydrogen) atoms. The van der Waals surface area contributed by atoms with Crippen LogP contribution in [0.2, 0.25) is 0 Å². The molecule has 1 aromatic heterocycles. The third kappa shape index (κ3) is 2.26. The summed E-state index contributed by atoms with van der Waals surface area (Å²) in [4.78, 5) is 13.0. The second-order valence-corrected chi connectivity index (χ2v) is 5.17. The molecule has 0 saturated carbocycles. The van der Waals surface area contributed by atoms with E-state index in [4.69, 9.17) is 5.11 Å². The summed E-state index contributed by atoms with van der Waals surface area (Å²) in [6, 6.07) is 2.09. The van der Waals surface area contributed by atoms with Gasteiger partial charge in [0.25, 0.3) is 0 Å². The number of hydrogen-bond donors (Lipinski definition) is 2. The fourth-order valence-electron chi connectivity index (χ4n) is 2.05. The molecule has 1 aliphatic rings. The third-order valence-corrected chi connectivity index (χ3v) is 3.93. The highest BCUT2D eigenvalue weighted by Gasteiger charge is 2.42. The highest BCUT2D eigenvalue weighted by molar-refractivity contribution is 7.07. The Morgan fingerprint density at radius 3 is 2.88 bits per heavy atom. The third-order valence-electron chi connectivity index (χ3n) is 3.20. The fourth-order valence-corrected chi connectivity index (χ4v) is 2.71. The molecule has 0 atom stereocenters. The van der Waals surface area contributed by atoms with E-state index in [0.717, 1.165) is 19.6 Å². The zero-order valence-electron chi connectivity index (χ0n) is 9.27. The summed E-state index contributed by atoms with van der Waals surface area (Å²) >= 11 is 1.67. The van der Waals surface area contributed by atoms with Crippen LogP contribution >= 0.6 is 11.3 Å². The predicted octanol–water partition coefficient (Wildman–Crippen LogP) is 0.997. The van der Waals surface area contributed by atoms with Gasteiger partial charge in [0.2, 0.25) is 0 Å². The van der Waals surface area contributed by atoms with E-state index >= 15 is 0 Å². The Morgan fingerprint density at radius 1 is 1.69 bits per heavy atom. The first-order valence-corrected chi connectivity index (χ1v) is 6.21. The molecule has 0 bridgehead atoms. The second-order valence-electron chi connectivity index (χ2n) is 4.39. The molecule has 0 aliphatic carbocycles. The lowest BCUT2D eigenvalue weighted by Gasteiger charge is -2.48. The smallest absolute Gasteiger partial charge is 0.305 e. The monoisotopic (exact) mass is 240 g/mol. The number of aliphatic carboxylic acids is 1. The van der Waals surface area contributed by atoms with E-state index in [1.807, 2.05) is 12.4 Å². The number of nitrogens with zero attached hydrogens (tertiary/aromatic N) is 1. The summed E-state index contributed by atoms with van der Waals surface area (Å²) in [5.41, 5.74) is 1.05. The predicted molar refractivity (Wildman–Crippen MR) is 63.6 cm³/mol. The molecule has 2 heterocycles. The minimum absolute atomic E-state index is 0.201. The lowest BCUT2D eigenvalue weighted by Crippen LogP contribution is -2.68. The van der Waals surface area contributed by atoms with Crippen LogP contribution in [-0.4, -0.2) is 41.7 Å². The average Bonchev–Trinajstić information content (AvgIpc) is 2.63. The molecule has 1 aromatic rings. The molecule has 1 saturated heterocycles. The maximum atomic E-state index is 10.9. The van der Waals surface area contributed by atoms with Crippen molar-refractivity contribution in [3.8, 4) is 0 Å². The number of thiophene rings is 1. The first-order valence-electron chi connectivity index (χ1n) is 5.27. The van der Waals surface area contributed by atoms with Crippen molar-refractivity contribution in [1.82, 2.24) is 10.2 Å². The van der Waals surface area contributed by atoms with Crippen LogP contribution in [-0.2, 0) is 11.3 Å². The molecule has 0 unspecified atom stereocenters. The fraction of sp³-hybridized carbons (Fsp3) is 0.545. The topological polar surface area (TPSA) is 52.6 Å². The van der Waals surface area contributed by atoms with Gasteiger partial charge in [-0.05, 0) is 29.4 Å². The molecule has 4 nitrogen and oxygen atoms in total. The van der Waals surface area contributed by atoms with Crippen LogP contribution in [0.3, 0.4) is 0 Å². The van der Waals surface area contributed by atoms with E-state index in [9.17, 15) is 4.79 Å². The highest BCUT2D eigenvalue weighted by atomic mass is 32.1. The normalized spacial score (nSPS) is 18.4. The summed E-state index contributed by atoms with van der Waals surface area (Å²) in [5.74, 6) is -0.723. The lowest BCUT2D eigenvalue weighted by molar-refractivity contribution is -0.141. The van der Waals surface area contributed by atoms with Gasteiger partial charge in [-0.15, -0.1) is 0 Å². The van der Waals surface area contributed by atoms with Crippen LogP contribution in [0.1, 0.15) is 12.0 Å². The number of rotatable bonds is 5. The van der Waals surface area contributed by atoms with Crippen LogP contribution in [0.15, 0.2) is 16.8 Å². The molecule has 5 heteroatoms. The summed E-state index contributed by atoms with van der Waals surface area (Å²) in [7, 11) is 2.00. The van der Waals surface area contributed by atoms with Gasteiger partial charge in [-0.2, -0.15) is 11.3 Å². The van der Waals surface area contributed by atoms with Crippen molar-refractivity contribution in [1.29, 1.82) is 0 Å². The van der Waals surface area contributed by atoms with Crippen molar-refractivity contribution in [2.75, 3.05) is 20.1 Å². The minimum atomic E-state index is -0.723. The van der Waals surface area contributed by atoms with Crippen molar-refractivity contribution >= 4 is 17.3 Å². The van der Waals surface area contributed by atoms with Crippen LogP contribution in [0, 0.1) is 0 Å². The van der Waals surface area contributed by atoms with Gasteiger partial charge < -0.3 is 10.4 Å². The van der Waals surface area contributed by atoms with E-state index in [1.165, 1.54) is 5.56 Å². The maximum Gasteiger partial charge on any atom is 0.305 e. The Labute approximate surface area is 98.9 Å². The molecule has 0 spiro atoms. The molecular formula is C11H16N2O2S. The van der Waals surface area contributed by atoms with Crippen LogP contribution < -0.4 is 5.32 Å². The Bertz CT molecular complexity index is 360. The van der Waals surface area contributed by atoms with Crippen molar-refractivity contribution in [2.45, 2.75) is 18.5 Å². The van der Waals surface area contributed by atoms with E-state index < -0.39 is 5.97 Å². The standard InChI is InChI=1S/C11H16N2O2S/c1-13(5-9-2-3-16-6-9)11(4-10(14)15)7-12-8-11/h2-3,6,12H,4-5,7-8H2,1H3,(H,14,15). The first kappa shape index (κ1) is 11.6. The molecule has 0 aromatic carbocycles. The van der Waals surface area contributed by atoms with Crippen molar-refractivity contribution in [3.63, 3.8) is 0 Å². The minimum Gasteiger partial charge on any atom is -0.481 e. The zero-order valence-corrected chi connectivity index (χ0v) is 10.1. The van der Waals surface area contributed by atoms with Crippen LogP contribution in [0.5, 0.6) is 0 Å². The Balaban J connectivity index is 2.01. The summed E-state index contributed by atoms with van der Waals surface area (Å²) < 4.78 is 0. The SMILES string of the molecule is CN(Cc1ccsc1)C1(CC(=O)O)CNC1. The number of carboxylic acids is 1. The summed E-state index contributed by atoms with van der Waals surface area (Å²) in [6.45, 7) is 2.35. The molecule has 88 valence electrons. The number of carbonyl (C=O) groups is 1. The van der Waals surface area contributed by atoms with E-state index in [0.29, 0.717) is 0 Å². The molecule has 0 amide bonds.